The summed E-state index contributed by atoms with van der Waals surface area (Å²) in [5, 5.41) is 5.90. The smallest absolute Gasteiger partial charge is 0.376 e. The van der Waals surface area contributed by atoms with Gasteiger partial charge in [-0.25, -0.2) is 9.78 Å². The number of hydrogen-bond donors (Lipinski definition) is 2. The molecule has 7 heteroatoms. The number of nitrogens with zero attached hydrogens (tertiary/aromatic N) is 1. The summed E-state index contributed by atoms with van der Waals surface area (Å²) in [6.45, 7) is 5.56. The van der Waals surface area contributed by atoms with Crippen molar-refractivity contribution in [3.05, 3.63) is 41.0 Å². The van der Waals surface area contributed by atoms with Crippen molar-refractivity contribution >= 4 is 23.4 Å². The summed E-state index contributed by atoms with van der Waals surface area (Å²) < 4.78 is 4.88. The first-order valence-electron chi connectivity index (χ1n) is 8.75. The topological polar surface area (TPSA) is 80.3 Å². The van der Waals surface area contributed by atoms with Gasteiger partial charge in [-0.05, 0) is 50.4 Å². The number of carbonyl (C=O) groups excluding carboxylic acids is 2. The van der Waals surface area contributed by atoms with E-state index in [2.05, 4.69) is 15.6 Å². The SMILES string of the molecule is Cc1ncsc1-c1ccc([C@H](C)NC(=O)OC(=O)CC2CCNC2)cc1. The fourth-order valence-electron chi connectivity index (χ4n) is 3.06. The largest absolute Gasteiger partial charge is 0.415 e. The zero-order valence-corrected chi connectivity index (χ0v) is 15.8. The quantitative estimate of drug-likeness (QED) is 0.620. The summed E-state index contributed by atoms with van der Waals surface area (Å²) in [6.07, 6.45) is 0.520. The summed E-state index contributed by atoms with van der Waals surface area (Å²) in [6, 6.07) is 7.70. The zero-order chi connectivity index (χ0) is 18.5. The number of esters is 1. The molecule has 0 spiro atoms. The van der Waals surface area contributed by atoms with Crippen LogP contribution in [0.4, 0.5) is 4.79 Å². The van der Waals surface area contributed by atoms with Crippen molar-refractivity contribution in [2.24, 2.45) is 5.92 Å². The number of rotatable bonds is 5. The zero-order valence-electron chi connectivity index (χ0n) is 15.0. The van der Waals surface area contributed by atoms with E-state index in [4.69, 9.17) is 4.74 Å². The monoisotopic (exact) mass is 373 g/mol. The molecule has 26 heavy (non-hydrogen) atoms. The van der Waals surface area contributed by atoms with Crippen molar-refractivity contribution < 1.29 is 14.3 Å². The third-order valence-corrected chi connectivity index (χ3v) is 5.55. The van der Waals surface area contributed by atoms with Gasteiger partial charge in [0, 0.05) is 0 Å². The van der Waals surface area contributed by atoms with Crippen LogP contribution in [0.25, 0.3) is 10.4 Å². The third kappa shape index (κ3) is 4.68. The highest BCUT2D eigenvalue weighted by Gasteiger charge is 2.21. The summed E-state index contributed by atoms with van der Waals surface area (Å²) >= 11 is 1.60. The maximum Gasteiger partial charge on any atom is 0.415 e. The molecule has 1 fully saturated rings. The van der Waals surface area contributed by atoms with E-state index in [0.29, 0.717) is 0 Å². The minimum Gasteiger partial charge on any atom is -0.376 e. The summed E-state index contributed by atoms with van der Waals surface area (Å²) in [4.78, 5) is 29.2. The maximum atomic E-state index is 11.9. The molecule has 1 amide bonds. The molecule has 0 aliphatic carbocycles. The number of nitrogens with one attached hydrogen (secondary N) is 2. The minimum atomic E-state index is -0.698. The van der Waals surface area contributed by atoms with Crippen LogP contribution in [0.15, 0.2) is 29.8 Å². The van der Waals surface area contributed by atoms with Gasteiger partial charge in [-0.1, -0.05) is 24.3 Å². The normalized spacial score (nSPS) is 17.7. The van der Waals surface area contributed by atoms with Crippen molar-refractivity contribution in [2.45, 2.75) is 32.7 Å². The van der Waals surface area contributed by atoms with E-state index >= 15 is 0 Å². The second-order valence-corrected chi connectivity index (χ2v) is 7.43. The molecule has 6 nitrogen and oxygen atoms in total. The van der Waals surface area contributed by atoms with Crippen molar-refractivity contribution in [2.75, 3.05) is 13.1 Å². The van der Waals surface area contributed by atoms with Gasteiger partial charge in [0.15, 0.2) is 0 Å². The Morgan fingerprint density at radius 3 is 2.77 bits per heavy atom. The predicted octanol–water partition coefficient (Wildman–Crippen LogP) is 3.43. The molecular formula is C19H23N3O3S. The molecule has 1 unspecified atom stereocenters. The van der Waals surface area contributed by atoms with Crippen molar-refractivity contribution in [3.63, 3.8) is 0 Å². The summed E-state index contributed by atoms with van der Waals surface area (Å²) in [5.74, 6) is -0.213. The van der Waals surface area contributed by atoms with Gasteiger partial charge in [0.1, 0.15) is 0 Å². The van der Waals surface area contributed by atoms with Crippen LogP contribution in [0, 0.1) is 12.8 Å². The Morgan fingerprint density at radius 1 is 1.38 bits per heavy atom. The van der Waals surface area contributed by atoms with Gasteiger partial charge in [0.05, 0.1) is 28.5 Å². The molecule has 2 N–H and O–H groups in total. The van der Waals surface area contributed by atoms with Gasteiger partial charge < -0.3 is 15.4 Å². The second kappa shape index (κ2) is 8.42. The van der Waals surface area contributed by atoms with E-state index in [0.717, 1.165) is 41.2 Å². The number of amides is 1. The molecule has 0 bridgehead atoms. The molecule has 1 aromatic carbocycles. The second-order valence-electron chi connectivity index (χ2n) is 6.58. The number of alkyl carbamates (subject to hydrolysis) is 1. The van der Waals surface area contributed by atoms with Crippen LogP contribution < -0.4 is 10.6 Å². The van der Waals surface area contributed by atoms with Crippen molar-refractivity contribution in [1.29, 1.82) is 0 Å². The van der Waals surface area contributed by atoms with Gasteiger partial charge in [-0.3, -0.25) is 4.79 Å². The molecule has 1 saturated heterocycles. The fourth-order valence-corrected chi connectivity index (χ4v) is 3.87. The number of thiazole rings is 1. The predicted molar refractivity (Wildman–Crippen MR) is 101 cm³/mol. The highest BCUT2D eigenvalue weighted by Crippen LogP contribution is 2.28. The third-order valence-electron chi connectivity index (χ3n) is 4.58. The Bertz CT molecular complexity index is 767. The molecule has 0 radical (unpaired) electrons. The summed E-state index contributed by atoms with van der Waals surface area (Å²) in [7, 11) is 0. The lowest BCUT2D eigenvalue weighted by atomic mass is 10.0. The van der Waals surface area contributed by atoms with E-state index in [9.17, 15) is 9.59 Å². The first-order valence-corrected chi connectivity index (χ1v) is 9.63. The van der Waals surface area contributed by atoms with Crippen LogP contribution in [0.3, 0.4) is 0 Å². The Hall–Kier alpha value is -2.25. The molecule has 138 valence electrons. The lowest BCUT2D eigenvalue weighted by molar-refractivity contribution is -0.138. The van der Waals surface area contributed by atoms with Gasteiger partial charge in [-0.2, -0.15) is 0 Å². The highest BCUT2D eigenvalue weighted by atomic mass is 32.1. The molecule has 1 aliphatic rings. The average molecular weight is 373 g/mol. The molecule has 3 rings (SSSR count). The fraction of sp³-hybridized carbons (Fsp3) is 0.421. The molecule has 2 atom stereocenters. The molecule has 2 aromatic rings. The Kier molecular flexibility index (Phi) is 6.00. The van der Waals surface area contributed by atoms with E-state index in [1.807, 2.05) is 43.6 Å². The van der Waals surface area contributed by atoms with E-state index in [-0.39, 0.29) is 18.4 Å². The Morgan fingerprint density at radius 2 is 2.15 bits per heavy atom. The molecular weight excluding hydrogens is 350 g/mol. The standard InChI is InChI=1S/C19H23N3O3S/c1-12(22-19(24)25-17(23)9-14-7-8-20-10-14)15-3-5-16(6-4-15)18-13(2)21-11-26-18/h3-6,11-12,14,20H,7-10H2,1-2H3,(H,22,24)/t12-,14?/m0/s1. The number of benzene rings is 1. The van der Waals surface area contributed by atoms with E-state index in [1.54, 1.807) is 11.3 Å². The first-order chi connectivity index (χ1) is 12.5. The van der Waals surface area contributed by atoms with Crippen molar-refractivity contribution in [1.82, 2.24) is 15.6 Å². The number of carbonyl (C=O) groups is 2. The van der Waals surface area contributed by atoms with Crippen LogP contribution in [0.5, 0.6) is 0 Å². The lowest BCUT2D eigenvalue weighted by Crippen LogP contribution is -2.30. The number of aromatic nitrogens is 1. The minimum absolute atomic E-state index is 0.250. The van der Waals surface area contributed by atoms with Crippen LogP contribution in [-0.4, -0.2) is 30.1 Å². The van der Waals surface area contributed by atoms with Gasteiger partial charge >= 0.3 is 12.1 Å². The molecule has 2 heterocycles. The van der Waals surface area contributed by atoms with Gasteiger partial charge in [0.25, 0.3) is 0 Å². The van der Waals surface area contributed by atoms with Crippen LogP contribution in [0.2, 0.25) is 0 Å². The van der Waals surface area contributed by atoms with E-state index < -0.39 is 12.1 Å². The maximum absolute atomic E-state index is 11.9. The number of ether oxygens (including phenoxy) is 1. The van der Waals surface area contributed by atoms with Crippen LogP contribution in [0.1, 0.15) is 37.1 Å². The van der Waals surface area contributed by atoms with Gasteiger partial charge in [-0.15, -0.1) is 11.3 Å². The molecule has 1 aromatic heterocycles. The first kappa shape index (κ1) is 18.5. The van der Waals surface area contributed by atoms with Crippen LogP contribution in [-0.2, 0) is 9.53 Å². The summed E-state index contributed by atoms with van der Waals surface area (Å²) in [5.41, 5.74) is 4.88. The molecule has 1 aliphatic heterocycles. The molecule has 0 saturated carbocycles. The number of hydrogen-bond acceptors (Lipinski definition) is 6. The highest BCUT2D eigenvalue weighted by molar-refractivity contribution is 7.13. The Balaban J connectivity index is 1.52. The number of aryl methyl sites for hydroxylation is 1. The Labute approximate surface area is 157 Å². The lowest BCUT2D eigenvalue weighted by Gasteiger charge is -2.15. The van der Waals surface area contributed by atoms with Crippen LogP contribution >= 0.6 is 11.3 Å². The average Bonchev–Trinajstić information content (AvgIpc) is 3.26. The van der Waals surface area contributed by atoms with Crippen molar-refractivity contribution in [3.8, 4) is 10.4 Å². The van der Waals surface area contributed by atoms with Gasteiger partial charge in [0.2, 0.25) is 0 Å². The van der Waals surface area contributed by atoms with E-state index in [1.165, 1.54) is 0 Å².